The molecule has 2 aromatic carbocycles. The molecule has 0 aromatic heterocycles. The van der Waals surface area contributed by atoms with Crippen LogP contribution in [0.4, 0.5) is 5.69 Å². The van der Waals surface area contributed by atoms with E-state index in [0.717, 1.165) is 48.1 Å². The smallest absolute Gasteiger partial charge is 0.267 e. The normalized spacial score (nSPS) is 16.8. The molecular formula is C27H37N3O3S. The van der Waals surface area contributed by atoms with E-state index in [-0.39, 0.29) is 12.5 Å². The summed E-state index contributed by atoms with van der Waals surface area (Å²) in [6.45, 7) is 11.0. The predicted octanol–water partition coefficient (Wildman–Crippen LogP) is 5.59. The van der Waals surface area contributed by atoms with Crippen molar-refractivity contribution in [2.45, 2.75) is 66.8 Å². The number of hydrogen-bond donors (Lipinski definition) is 1. The van der Waals surface area contributed by atoms with Crippen molar-refractivity contribution >= 4 is 27.3 Å². The first-order valence-electron chi connectivity index (χ1n) is 11.8. The topological polar surface area (TPSA) is 78.8 Å². The highest BCUT2D eigenvalue weighted by Crippen LogP contribution is 2.36. The van der Waals surface area contributed by atoms with Gasteiger partial charge in [-0.3, -0.25) is 9.10 Å². The molecule has 34 heavy (non-hydrogen) atoms. The fourth-order valence-corrected chi connectivity index (χ4v) is 5.21. The lowest BCUT2D eigenvalue weighted by molar-refractivity contribution is 0.0954. The van der Waals surface area contributed by atoms with Crippen LogP contribution in [0, 0.1) is 25.2 Å². The molecule has 1 aliphatic rings. The summed E-state index contributed by atoms with van der Waals surface area (Å²) < 4.78 is 26.3. The third-order valence-corrected chi connectivity index (χ3v) is 7.96. The fourth-order valence-electron chi connectivity index (χ4n) is 4.33. The number of amides is 1. The van der Waals surface area contributed by atoms with Gasteiger partial charge < -0.3 is 0 Å². The number of sulfonamides is 1. The average Bonchev–Trinajstić information content (AvgIpc) is 2.77. The maximum atomic E-state index is 12.6. The second-order valence-electron chi connectivity index (χ2n) is 10.5. The zero-order valence-corrected chi connectivity index (χ0v) is 22.0. The van der Waals surface area contributed by atoms with Gasteiger partial charge in [-0.05, 0) is 91.8 Å². The van der Waals surface area contributed by atoms with Crippen LogP contribution in [0.15, 0.2) is 47.6 Å². The van der Waals surface area contributed by atoms with Crippen molar-refractivity contribution in [2.24, 2.45) is 16.4 Å². The van der Waals surface area contributed by atoms with Crippen molar-refractivity contribution in [1.29, 1.82) is 0 Å². The number of nitrogens with one attached hydrogen (secondary N) is 1. The molecule has 0 heterocycles. The van der Waals surface area contributed by atoms with Crippen molar-refractivity contribution in [3.05, 3.63) is 64.7 Å². The minimum atomic E-state index is -3.47. The van der Waals surface area contributed by atoms with E-state index >= 15 is 0 Å². The van der Waals surface area contributed by atoms with Crippen LogP contribution in [0.25, 0.3) is 0 Å². The Kier molecular flexibility index (Phi) is 7.86. The standard InChI is InChI=1S/C27H37N3O3S/c1-19-7-16-25(17-20(19)2)30(34(6,32)33)18-21-8-10-22(11-9-21)26(31)29-28-24-14-12-23(13-15-24)27(3,4)5/h7-11,16-17,23H,12-15,18H2,1-6H3,(H,29,31). The number of rotatable bonds is 6. The van der Waals surface area contributed by atoms with Crippen LogP contribution in [0.1, 0.15) is 73.5 Å². The molecule has 7 heteroatoms. The second-order valence-corrected chi connectivity index (χ2v) is 12.4. The van der Waals surface area contributed by atoms with Crippen molar-refractivity contribution in [2.75, 3.05) is 10.6 Å². The summed E-state index contributed by atoms with van der Waals surface area (Å²) in [4.78, 5) is 12.6. The third kappa shape index (κ3) is 6.69. The first-order chi connectivity index (χ1) is 15.8. The molecule has 0 spiro atoms. The SMILES string of the molecule is Cc1ccc(N(Cc2ccc(C(=O)NN=C3CCC(C(C)(C)C)CC3)cc2)S(C)(=O)=O)cc1C. The Balaban J connectivity index is 1.64. The summed E-state index contributed by atoms with van der Waals surface area (Å²) in [6, 6.07) is 12.6. The lowest BCUT2D eigenvalue weighted by atomic mass is 9.72. The summed E-state index contributed by atoms with van der Waals surface area (Å²) in [5.74, 6) is 0.427. The largest absolute Gasteiger partial charge is 0.271 e. The van der Waals surface area contributed by atoms with Crippen LogP contribution in [-0.4, -0.2) is 26.3 Å². The summed E-state index contributed by atoms with van der Waals surface area (Å²) >= 11 is 0. The maximum absolute atomic E-state index is 12.6. The number of carbonyl (C=O) groups is 1. The Labute approximate surface area is 204 Å². The summed E-state index contributed by atoms with van der Waals surface area (Å²) in [5, 5.41) is 4.36. The molecule has 184 valence electrons. The lowest BCUT2D eigenvalue weighted by Gasteiger charge is -2.34. The molecule has 1 fully saturated rings. The quantitative estimate of drug-likeness (QED) is 0.544. The van der Waals surface area contributed by atoms with E-state index in [4.69, 9.17) is 0 Å². The Bertz CT molecular complexity index is 1150. The number of aryl methyl sites for hydroxylation is 2. The van der Waals surface area contributed by atoms with Gasteiger partial charge in [0, 0.05) is 11.3 Å². The van der Waals surface area contributed by atoms with Crippen molar-refractivity contribution < 1.29 is 13.2 Å². The molecule has 0 aliphatic heterocycles. The lowest BCUT2D eigenvalue weighted by Crippen LogP contribution is -2.29. The molecule has 1 saturated carbocycles. The minimum absolute atomic E-state index is 0.195. The van der Waals surface area contributed by atoms with E-state index in [1.807, 2.05) is 32.0 Å². The van der Waals surface area contributed by atoms with Gasteiger partial charge in [0.05, 0.1) is 18.5 Å². The third-order valence-electron chi connectivity index (χ3n) is 6.82. The van der Waals surface area contributed by atoms with Gasteiger partial charge in [-0.15, -0.1) is 0 Å². The molecule has 0 saturated heterocycles. The van der Waals surface area contributed by atoms with E-state index < -0.39 is 10.0 Å². The van der Waals surface area contributed by atoms with E-state index in [0.29, 0.717) is 22.6 Å². The first-order valence-corrected chi connectivity index (χ1v) is 13.7. The molecular weight excluding hydrogens is 446 g/mol. The van der Waals surface area contributed by atoms with Crippen LogP contribution < -0.4 is 9.73 Å². The summed E-state index contributed by atoms with van der Waals surface area (Å²) in [6.07, 6.45) is 5.24. The number of hydrazone groups is 1. The van der Waals surface area contributed by atoms with Crippen LogP contribution in [0.3, 0.4) is 0 Å². The maximum Gasteiger partial charge on any atom is 0.271 e. The molecule has 0 radical (unpaired) electrons. The van der Waals surface area contributed by atoms with Gasteiger partial charge in [-0.25, -0.2) is 13.8 Å². The highest BCUT2D eigenvalue weighted by atomic mass is 32.2. The van der Waals surface area contributed by atoms with Gasteiger partial charge in [0.1, 0.15) is 0 Å². The number of benzene rings is 2. The molecule has 1 aliphatic carbocycles. The predicted molar refractivity (Wildman–Crippen MR) is 140 cm³/mol. The van der Waals surface area contributed by atoms with E-state index in [9.17, 15) is 13.2 Å². The minimum Gasteiger partial charge on any atom is -0.267 e. The van der Waals surface area contributed by atoms with Gasteiger partial charge in [0.15, 0.2) is 0 Å². The van der Waals surface area contributed by atoms with E-state index in [1.165, 1.54) is 10.6 Å². The van der Waals surface area contributed by atoms with E-state index in [2.05, 4.69) is 31.3 Å². The molecule has 0 bridgehead atoms. The molecule has 6 nitrogen and oxygen atoms in total. The number of anilines is 1. The highest BCUT2D eigenvalue weighted by molar-refractivity contribution is 7.92. The Hall–Kier alpha value is -2.67. The molecule has 0 unspecified atom stereocenters. The number of nitrogens with zero attached hydrogens (tertiary/aromatic N) is 2. The molecule has 0 atom stereocenters. The van der Waals surface area contributed by atoms with Crippen LogP contribution in [-0.2, 0) is 16.6 Å². The van der Waals surface area contributed by atoms with Crippen LogP contribution in [0.2, 0.25) is 0 Å². The zero-order chi connectivity index (χ0) is 25.1. The second kappa shape index (κ2) is 10.3. The average molecular weight is 484 g/mol. The highest BCUT2D eigenvalue weighted by Gasteiger charge is 2.28. The Morgan fingerprint density at radius 1 is 1.03 bits per heavy atom. The Morgan fingerprint density at radius 3 is 2.18 bits per heavy atom. The molecule has 1 amide bonds. The number of carbonyl (C=O) groups excluding carboxylic acids is 1. The van der Waals surface area contributed by atoms with E-state index in [1.54, 1.807) is 24.3 Å². The summed E-state index contributed by atoms with van der Waals surface area (Å²) in [7, 11) is -3.47. The van der Waals surface area contributed by atoms with Gasteiger partial charge >= 0.3 is 0 Å². The van der Waals surface area contributed by atoms with Gasteiger partial charge in [0.2, 0.25) is 10.0 Å². The summed E-state index contributed by atoms with van der Waals surface area (Å²) in [5.41, 5.74) is 8.10. The monoisotopic (exact) mass is 483 g/mol. The van der Waals surface area contributed by atoms with Crippen LogP contribution >= 0.6 is 0 Å². The van der Waals surface area contributed by atoms with Crippen molar-refractivity contribution in [3.8, 4) is 0 Å². The van der Waals surface area contributed by atoms with Gasteiger partial charge in [-0.1, -0.05) is 39.0 Å². The van der Waals surface area contributed by atoms with Crippen molar-refractivity contribution in [1.82, 2.24) is 5.43 Å². The van der Waals surface area contributed by atoms with Crippen molar-refractivity contribution in [3.63, 3.8) is 0 Å². The number of hydrogen-bond acceptors (Lipinski definition) is 4. The van der Waals surface area contributed by atoms with Gasteiger partial charge in [-0.2, -0.15) is 5.10 Å². The van der Waals surface area contributed by atoms with Gasteiger partial charge in [0.25, 0.3) is 5.91 Å². The van der Waals surface area contributed by atoms with Crippen LogP contribution in [0.5, 0.6) is 0 Å². The molecule has 1 N–H and O–H groups in total. The Morgan fingerprint density at radius 2 is 1.65 bits per heavy atom. The molecule has 2 aromatic rings. The first kappa shape index (κ1) is 25.9. The zero-order valence-electron chi connectivity index (χ0n) is 21.2. The molecule has 3 rings (SSSR count). The fraction of sp³-hybridized carbons (Fsp3) is 0.481.